The van der Waals surface area contributed by atoms with Gasteiger partial charge in [0.05, 0.1) is 11.7 Å². The SMILES string of the molecule is CC(C)(C)C(N)c1nc(C23CC4CC(CC(C4)C2)C3)cs1. The van der Waals surface area contributed by atoms with E-state index in [-0.39, 0.29) is 11.5 Å². The van der Waals surface area contributed by atoms with Crippen LogP contribution in [0, 0.1) is 23.2 Å². The molecular weight excluding hydrogens is 276 g/mol. The Morgan fingerprint density at radius 2 is 1.67 bits per heavy atom. The molecule has 1 heterocycles. The molecule has 4 saturated carbocycles. The first-order valence-electron chi connectivity index (χ1n) is 8.57. The minimum absolute atomic E-state index is 0.0603. The second-order valence-electron chi connectivity index (χ2n) is 9.11. The van der Waals surface area contributed by atoms with Crippen LogP contribution in [0.15, 0.2) is 5.38 Å². The van der Waals surface area contributed by atoms with Crippen LogP contribution in [0.3, 0.4) is 0 Å². The average Bonchev–Trinajstić information content (AvgIpc) is 2.85. The Bertz CT molecular complexity index is 504. The van der Waals surface area contributed by atoms with Crippen molar-refractivity contribution in [3.63, 3.8) is 0 Å². The average molecular weight is 305 g/mol. The maximum absolute atomic E-state index is 6.42. The molecule has 3 heteroatoms. The van der Waals surface area contributed by atoms with Gasteiger partial charge < -0.3 is 5.73 Å². The Labute approximate surface area is 132 Å². The molecule has 21 heavy (non-hydrogen) atoms. The molecule has 1 unspecified atom stereocenters. The van der Waals surface area contributed by atoms with Crippen LogP contribution < -0.4 is 5.73 Å². The van der Waals surface area contributed by atoms with Crippen LogP contribution in [0.1, 0.15) is 76.0 Å². The van der Waals surface area contributed by atoms with E-state index >= 15 is 0 Å². The van der Waals surface area contributed by atoms with Gasteiger partial charge in [-0.2, -0.15) is 0 Å². The number of thiazole rings is 1. The summed E-state index contributed by atoms with van der Waals surface area (Å²) in [6.07, 6.45) is 8.68. The summed E-state index contributed by atoms with van der Waals surface area (Å²) in [6.45, 7) is 6.64. The van der Waals surface area contributed by atoms with Crippen molar-refractivity contribution in [2.24, 2.45) is 28.9 Å². The maximum atomic E-state index is 6.42. The van der Waals surface area contributed by atoms with Gasteiger partial charge in [-0.1, -0.05) is 20.8 Å². The monoisotopic (exact) mass is 304 g/mol. The van der Waals surface area contributed by atoms with Crippen molar-refractivity contribution in [3.8, 4) is 0 Å². The number of aromatic nitrogens is 1. The van der Waals surface area contributed by atoms with Gasteiger partial charge in [0, 0.05) is 10.8 Å². The summed E-state index contributed by atoms with van der Waals surface area (Å²) in [5.41, 5.74) is 8.33. The smallest absolute Gasteiger partial charge is 0.110 e. The minimum atomic E-state index is 0.0603. The molecule has 4 bridgehead atoms. The number of hydrogen-bond acceptors (Lipinski definition) is 3. The lowest BCUT2D eigenvalue weighted by Crippen LogP contribution is -2.48. The lowest BCUT2D eigenvalue weighted by Gasteiger charge is -2.56. The molecule has 0 saturated heterocycles. The summed E-state index contributed by atoms with van der Waals surface area (Å²) in [4.78, 5) is 5.06. The van der Waals surface area contributed by atoms with Crippen molar-refractivity contribution >= 4 is 11.3 Å². The predicted molar refractivity (Wildman–Crippen MR) is 88.3 cm³/mol. The van der Waals surface area contributed by atoms with Crippen molar-refractivity contribution in [2.45, 2.75) is 70.8 Å². The van der Waals surface area contributed by atoms with Crippen LogP contribution in [0.4, 0.5) is 0 Å². The highest BCUT2D eigenvalue weighted by Gasteiger charge is 2.52. The van der Waals surface area contributed by atoms with Crippen LogP contribution >= 0.6 is 11.3 Å². The van der Waals surface area contributed by atoms with Crippen LogP contribution in [0.25, 0.3) is 0 Å². The van der Waals surface area contributed by atoms with E-state index < -0.39 is 0 Å². The summed E-state index contributed by atoms with van der Waals surface area (Å²) in [6, 6.07) is 0.0603. The van der Waals surface area contributed by atoms with E-state index in [1.54, 1.807) is 11.3 Å². The molecule has 0 aromatic carbocycles. The highest BCUT2D eigenvalue weighted by atomic mass is 32.1. The van der Waals surface area contributed by atoms with Crippen LogP contribution in [-0.2, 0) is 5.41 Å². The van der Waals surface area contributed by atoms with Crippen molar-refractivity contribution < 1.29 is 0 Å². The van der Waals surface area contributed by atoms with Crippen molar-refractivity contribution in [3.05, 3.63) is 16.1 Å². The Morgan fingerprint density at radius 1 is 1.14 bits per heavy atom. The number of nitrogens with zero attached hydrogens (tertiary/aromatic N) is 1. The molecule has 2 N–H and O–H groups in total. The van der Waals surface area contributed by atoms with Gasteiger partial charge in [-0.25, -0.2) is 4.98 Å². The van der Waals surface area contributed by atoms with Crippen molar-refractivity contribution in [1.29, 1.82) is 0 Å². The summed E-state index contributed by atoms with van der Waals surface area (Å²) in [7, 11) is 0. The zero-order chi connectivity index (χ0) is 14.8. The van der Waals surface area contributed by atoms with Crippen LogP contribution in [0.2, 0.25) is 0 Å². The molecule has 116 valence electrons. The van der Waals surface area contributed by atoms with Crippen LogP contribution in [-0.4, -0.2) is 4.98 Å². The van der Waals surface area contributed by atoms with E-state index in [4.69, 9.17) is 10.7 Å². The first kappa shape index (κ1) is 14.2. The van der Waals surface area contributed by atoms with Gasteiger partial charge in [-0.05, 0) is 61.7 Å². The standard InChI is InChI=1S/C18H28N2S/c1-17(2,3)15(19)16-20-14(10-21-16)18-7-11-4-12(8-18)6-13(5-11)9-18/h10-13,15H,4-9,19H2,1-3H3. The number of rotatable bonds is 2. The first-order chi connectivity index (χ1) is 9.86. The van der Waals surface area contributed by atoms with E-state index in [2.05, 4.69) is 26.2 Å². The van der Waals surface area contributed by atoms with Gasteiger partial charge in [0.2, 0.25) is 0 Å². The zero-order valence-corrected chi connectivity index (χ0v) is 14.4. The third-order valence-corrected chi connectivity index (χ3v) is 7.23. The second-order valence-corrected chi connectivity index (χ2v) is 10.0. The molecule has 0 aliphatic heterocycles. The van der Waals surface area contributed by atoms with E-state index in [0.717, 1.165) is 22.8 Å². The molecule has 1 aromatic rings. The lowest BCUT2D eigenvalue weighted by molar-refractivity contribution is -0.00703. The summed E-state index contributed by atoms with van der Waals surface area (Å²) < 4.78 is 0. The number of nitrogens with two attached hydrogens (primary N) is 1. The molecule has 0 radical (unpaired) electrons. The van der Waals surface area contributed by atoms with E-state index in [9.17, 15) is 0 Å². The van der Waals surface area contributed by atoms with Gasteiger partial charge >= 0.3 is 0 Å². The first-order valence-corrected chi connectivity index (χ1v) is 9.45. The fourth-order valence-corrected chi connectivity index (χ4v) is 6.66. The molecule has 4 aliphatic carbocycles. The van der Waals surface area contributed by atoms with Crippen molar-refractivity contribution in [2.75, 3.05) is 0 Å². The van der Waals surface area contributed by atoms with Gasteiger partial charge in [-0.3, -0.25) is 0 Å². The maximum Gasteiger partial charge on any atom is 0.110 e. The quantitative estimate of drug-likeness (QED) is 0.863. The Kier molecular flexibility index (Phi) is 3.07. The van der Waals surface area contributed by atoms with Crippen molar-refractivity contribution in [1.82, 2.24) is 4.98 Å². The fourth-order valence-electron chi connectivity index (χ4n) is 5.47. The molecular formula is C18H28N2S. The molecule has 2 nitrogen and oxygen atoms in total. The molecule has 0 amide bonds. The van der Waals surface area contributed by atoms with Crippen LogP contribution in [0.5, 0.6) is 0 Å². The normalized spacial score (nSPS) is 39.7. The van der Waals surface area contributed by atoms with Gasteiger partial charge in [0.1, 0.15) is 5.01 Å². The second kappa shape index (κ2) is 4.55. The summed E-state index contributed by atoms with van der Waals surface area (Å²) in [5, 5.41) is 3.49. The molecule has 5 rings (SSSR count). The van der Waals surface area contributed by atoms with Gasteiger partial charge in [0.25, 0.3) is 0 Å². The highest BCUT2D eigenvalue weighted by molar-refractivity contribution is 7.09. The highest BCUT2D eigenvalue weighted by Crippen LogP contribution is 2.60. The topological polar surface area (TPSA) is 38.9 Å². The summed E-state index contributed by atoms with van der Waals surface area (Å²) >= 11 is 1.80. The van der Waals surface area contributed by atoms with E-state index in [1.807, 2.05) is 0 Å². The third-order valence-electron chi connectivity index (χ3n) is 6.30. The molecule has 1 aromatic heterocycles. The van der Waals surface area contributed by atoms with E-state index in [0.29, 0.717) is 5.41 Å². The Morgan fingerprint density at radius 3 is 2.14 bits per heavy atom. The molecule has 0 spiro atoms. The predicted octanol–water partition coefficient (Wildman–Crippen LogP) is 4.66. The third kappa shape index (κ3) is 2.28. The molecule has 4 aliphatic rings. The molecule has 4 fully saturated rings. The van der Waals surface area contributed by atoms with E-state index in [1.165, 1.54) is 44.2 Å². The largest absolute Gasteiger partial charge is 0.322 e. The molecule has 1 atom stereocenters. The Hall–Kier alpha value is -0.410. The minimum Gasteiger partial charge on any atom is -0.322 e. The lowest BCUT2D eigenvalue weighted by atomic mass is 9.49. The number of hydrogen-bond donors (Lipinski definition) is 1. The Balaban J connectivity index is 1.64. The van der Waals surface area contributed by atoms with Gasteiger partial charge in [0.15, 0.2) is 0 Å². The summed E-state index contributed by atoms with van der Waals surface area (Å²) in [5.74, 6) is 2.95. The van der Waals surface area contributed by atoms with Gasteiger partial charge in [-0.15, -0.1) is 11.3 Å². The zero-order valence-electron chi connectivity index (χ0n) is 13.6. The fraction of sp³-hybridized carbons (Fsp3) is 0.833.